The number of aromatic hydroxyl groups is 2. The summed E-state index contributed by atoms with van der Waals surface area (Å²) in [6.45, 7) is 3.96. The smallest absolute Gasteiger partial charge is 0.161 e. The van der Waals surface area contributed by atoms with Crippen LogP contribution in [-0.2, 0) is 0 Å². The molecule has 0 bridgehead atoms. The predicted molar refractivity (Wildman–Crippen MR) is 60.9 cm³/mol. The second kappa shape index (κ2) is 4.22. The molecular weight excluding hydrogens is 206 g/mol. The molecule has 0 amide bonds. The summed E-state index contributed by atoms with van der Waals surface area (Å²) in [4.78, 5) is 0. The molecule has 16 heavy (non-hydrogen) atoms. The Morgan fingerprint density at radius 1 is 1.19 bits per heavy atom. The topological polar surface area (TPSA) is 61.7 Å². The lowest BCUT2D eigenvalue weighted by Gasteiger charge is -2.34. The molecule has 3 N–H and O–H groups in total. The van der Waals surface area contributed by atoms with Gasteiger partial charge in [0.2, 0.25) is 0 Å². The maximum atomic E-state index is 9.37. The second-order valence-electron chi connectivity index (χ2n) is 4.45. The number of piperidine rings is 1. The number of phenols is 2. The lowest BCUT2D eigenvalue weighted by atomic mass is 9.94. The number of nitrogens with one attached hydrogen (secondary N) is 1. The van der Waals surface area contributed by atoms with Crippen LogP contribution in [0, 0.1) is 0 Å². The van der Waals surface area contributed by atoms with E-state index in [-0.39, 0.29) is 17.1 Å². The standard InChI is InChI=1S/C12H17NO3/c1-12(4-6-13-7-5-12)16-9-2-3-10(14)11(15)8-9/h2-3,8,13-15H,4-7H2,1H3. The van der Waals surface area contributed by atoms with E-state index < -0.39 is 0 Å². The molecule has 1 aliphatic rings. The molecule has 1 aliphatic heterocycles. The Bertz CT molecular complexity index is 373. The minimum atomic E-state index is -0.186. The van der Waals surface area contributed by atoms with E-state index in [1.165, 1.54) is 12.1 Å². The molecule has 1 aromatic carbocycles. The van der Waals surface area contributed by atoms with Crippen LogP contribution in [0.2, 0.25) is 0 Å². The first-order valence-corrected chi connectivity index (χ1v) is 5.51. The Labute approximate surface area is 94.9 Å². The van der Waals surface area contributed by atoms with Crippen molar-refractivity contribution in [3.8, 4) is 17.2 Å². The molecule has 1 saturated heterocycles. The van der Waals surface area contributed by atoms with Gasteiger partial charge >= 0.3 is 0 Å². The average Bonchev–Trinajstić information content (AvgIpc) is 2.24. The third-order valence-corrected chi connectivity index (χ3v) is 2.97. The highest BCUT2D eigenvalue weighted by Crippen LogP contribution is 2.32. The first kappa shape index (κ1) is 11.1. The summed E-state index contributed by atoms with van der Waals surface area (Å²) < 4.78 is 5.87. The van der Waals surface area contributed by atoms with Crippen LogP contribution in [0.25, 0.3) is 0 Å². The summed E-state index contributed by atoms with van der Waals surface area (Å²) in [5, 5.41) is 21.8. The van der Waals surface area contributed by atoms with Gasteiger partial charge in [0.25, 0.3) is 0 Å². The Morgan fingerprint density at radius 2 is 1.88 bits per heavy atom. The summed E-state index contributed by atoms with van der Waals surface area (Å²) in [7, 11) is 0. The number of hydrogen-bond acceptors (Lipinski definition) is 4. The van der Waals surface area contributed by atoms with Crippen molar-refractivity contribution in [3.63, 3.8) is 0 Å². The van der Waals surface area contributed by atoms with Crippen LogP contribution in [0.1, 0.15) is 19.8 Å². The van der Waals surface area contributed by atoms with Crippen molar-refractivity contribution in [1.82, 2.24) is 5.32 Å². The molecule has 4 nitrogen and oxygen atoms in total. The third-order valence-electron chi connectivity index (χ3n) is 2.97. The van der Waals surface area contributed by atoms with Gasteiger partial charge in [-0.15, -0.1) is 0 Å². The van der Waals surface area contributed by atoms with Gasteiger partial charge in [-0.3, -0.25) is 0 Å². The molecule has 1 heterocycles. The van der Waals surface area contributed by atoms with Gasteiger partial charge in [-0.05, 0) is 45.0 Å². The van der Waals surface area contributed by atoms with E-state index in [4.69, 9.17) is 4.74 Å². The third kappa shape index (κ3) is 2.39. The lowest BCUT2D eigenvalue weighted by Crippen LogP contribution is -2.43. The van der Waals surface area contributed by atoms with Gasteiger partial charge in [0.05, 0.1) is 0 Å². The van der Waals surface area contributed by atoms with Crippen LogP contribution in [-0.4, -0.2) is 28.9 Å². The van der Waals surface area contributed by atoms with E-state index in [1.54, 1.807) is 6.07 Å². The van der Waals surface area contributed by atoms with Gasteiger partial charge in [0.15, 0.2) is 11.5 Å². The molecular formula is C12H17NO3. The normalized spacial score (nSPS) is 19.3. The van der Waals surface area contributed by atoms with E-state index in [0.29, 0.717) is 5.75 Å². The first-order chi connectivity index (χ1) is 7.59. The Balaban J connectivity index is 2.10. The number of hydrogen-bond donors (Lipinski definition) is 3. The van der Waals surface area contributed by atoms with Gasteiger partial charge in [0.1, 0.15) is 11.4 Å². The molecule has 1 fully saturated rings. The fourth-order valence-corrected chi connectivity index (χ4v) is 1.91. The molecule has 1 aromatic rings. The van der Waals surface area contributed by atoms with Crippen LogP contribution in [0.3, 0.4) is 0 Å². The van der Waals surface area contributed by atoms with E-state index >= 15 is 0 Å². The van der Waals surface area contributed by atoms with Crippen molar-refractivity contribution < 1.29 is 14.9 Å². The number of benzene rings is 1. The van der Waals surface area contributed by atoms with Crippen LogP contribution in [0.15, 0.2) is 18.2 Å². The predicted octanol–water partition coefficient (Wildman–Crippen LogP) is 1.62. The molecule has 88 valence electrons. The second-order valence-corrected chi connectivity index (χ2v) is 4.45. The first-order valence-electron chi connectivity index (χ1n) is 5.51. The van der Waals surface area contributed by atoms with Crippen LogP contribution >= 0.6 is 0 Å². The molecule has 0 atom stereocenters. The molecule has 0 radical (unpaired) electrons. The fraction of sp³-hybridized carbons (Fsp3) is 0.500. The van der Waals surface area contributed by atoms with Gasteiger partial charge in [-0.25, -0.2) is 0 Å². The quantitative estimate of drug-likeness (QED) is 0.667. The van der Waals surface area contributed by atoms with E-state index in [2.05, 4.69) is 12.2 Å². The highest BCUT2D eigenvalue weighted by molar-refractivity contribution is 5.43. The van der Waals surface area contributed by atoms with E-state index in [1.807, 2.05) is 0 Å². The Morgan fingerprint density at radius 3 is 2.50 bits per heavy atom. The van der Waals surface area contributed by atoms with Gasteiger partial charge in [-0.1, -0.05) is 0 Å². The van der Waals surface area contributed by atoms with Crippen LogP contribution in [0.5, 0.6) is 17.2 Å². The minimum absolute atomic E-state index is 0.122. The minimum Gasteiger partial charge on any atom is -0.504 e. The average molecular weight is 223 g/mol. The van der Waals surface area contributed by atoms with Gasteiger partial charge < -0.3 is 20.3 Å². The summed E-state index contributed by atoms with van der Waals surface area (Å²) in [5.74, 6) is 0.331. The highest BCUT2D eigenvalue weighted by atomic mass is 16.5. The molecule has 0 aromatic heterocycles. The van der Waals surface area contributed by atoms with Crippen molar-refractivity contribution in [2.75, 3.05) is 13.1 Å². The molecule has 4 heteroatoms. The molecule has 0 aliphatic carbocycles. The largest absolute Gasteiger partial charge is 0.504 e. The highest BCUT2D eigenvalue weighted by Gasteiger charge is 2.28. The summed E-state index contributed by atoms with van der Waals surface area (Å²) >= 11 is 0. The van der Waals surface area contributed by atoms with Crippen LogP contribution < -0.4 is 10.1 Å². The molecule has 0 spiro atoms. The van der Waals surface area contributed by atoms with Crippen molar-refractivity contribution >= 4 is 0 Å². The zero-order chi connectivity index (χ0) is 11.6. The molecule has 0 saturated carbocycles. The SMILES string of the molecule is CC1(Oc2ccc(O)c(O)c2)CCNCC1. The number of rotatable bonds is 2. The maximum absolute atomic E-state index is 9.37. The monoisotopic (exact) mass is 223 g/mol. The Hall–Kier alpha value is -1.42. The summed E-state index contributed by atoms with van der Waals surface area (Å²) in [5.41, 5.74) is -0.186. The number of ether oxygens (including phenoxy) is 1. The summed E-state index contributed by atoms with van der Waals surface area (Å²) in [6, 6.07) is 4.56. The maximum Gasteiger partial charge on any atom is 0.161 e. The van der Waals surface area contributed by atoms with Gasteiger partial charge in [0, 0.05) is 6.07 Å². The van der Waals surface area contributed by atoms with Crippen molar-refractivity contribution in [3.05, 3.63) is 18.2 Å². The zero-order valence-corrected chi connectivity index (χ0v) is 9.36. The van der Waals surface area contributed by atoms with E-state index in [0.717, 1.165) is 25.9 Å². The fourth-order valence-electron chi connectivity index (χ4n) is 1.91. The van der Waals surface area contributed by atoms with Crippen LogP contribution in [0.4, 0.5) is 0 Å². The zero-order valence-electron chi connectivity index (χ0n) is 9.36. The van der Waals surface area contributed by atoms with Crippen molar-refractivity contribution in [2.24, 2.45) is 0 Å². The van der Waals surface area contributed by atoms with Gasteiger partial charge in [-0.2, -0.15) is 0 Å². The number of phenolic OH excluding ortho intramolecular Hbond substituents is 2. The van der Waals surface area contributed by atoms with Crippen molar-refractivity contribution in [2.45, 2.75) is 25.4 Å². The van der Waals surface area contributed by atoms with E-state index in [9.17, 15) is 10.2 Å². The van der Waals surface area contributed by atoms with Crippen molar-refractivity contribution in [1.29, 1.82) is 0 Å². The molecule has 0 unspecified atom stereocenters. The summed E-state index contributed by atoms with van der Waals surface area (Å²) in [6.07, 6.45) is 1.88. The lowest BCUT2D eigenvalue weighted by molar-refractivity contribution is 0.0553. The Kier molecular flexibility index (Phi) is 2.92. The molecule has 2 rings (SSSR count).